The third-order valence-electron chi connectivity index (χ3n) is 2.23. The van der Waals surface area contributed by atoms with E-state index in [-0.39, 0.29) is 17.4 Å². The number of carbonyl (C=O) groups excluding carboxylic acids is 1. The summed E-state index contributed by atoms with van der Waals surface area (Å²) < 4.78 is 0. The summed E-state index contributed by atoms with van der Waals surface area (Å²) in [4.78, 5) is 11.3. The second-order valence-corrected chi connectivity index (χ2v) is 3.03. The molecular formula is C8H13NO2. The van der Waals surface area contributed by atoms with Gasteiger partial charge in [0.15, 0.2) is 5.78 Å². The average molecular weight is 155 g/mol. The van der Waals surface area contributed by atoms with Gasteiger partial charge >= 0.3 is 0 Å². The molecule has 62 valence electrons. The van der Waals surface area contributed by atoms with Crippen molar-refractivity contribution in [1.82, 2.24) is 0 Å². The van der Waals surface area contributed by atoms with E-state index in [1.54, 1.807) is 6.92 Å². The lowest BCUT2D eigenvalue weighted by Gasteiger charge is -2.04. The fourth-order valence-corrected chi connectivity index (χ4v) is 1.53. The smallest absolute Gasteiger partial charge is 0.183 e. The summed E-state index contributed by atoms with van der Waals surface area (Å²) >= 11 is 0. The summed E-state index contributed by atoms with van der Waals surface area (Å²) in [6.45, 7) is 1.56. The highest BCUT2D eigenvalue weighted by Crippen LogP contribution is 2.25. The molecule has 0 aromatic rings. The Hall–Kier alpha value is -0.860. The van der Waals surface area contributed by atoms with Crippen molar-refractivity contribution in [3.63, 3.8) is 0 Å². The molecule has 0 unspecified atom stereocenters. The van der Waals surface area contributed by atoms with Crippen LogP contribution in [-0.2, 0) is 4.79 Å². The van der Waals surface area contributed by atoms with Gasteiger partial charge in [-0.25, -0.2) is 0 Å². The molecule has 3 heteroatoms. The number of carbonyl (C=O) groups is 1. The molecule has 1 fully saturated rings. The van der Waals surface area contributed by atoms with Gasteiger partial charge in [-0.15, -0.1) is 0 Å². The molecule has 1 aliphatic rings. The van der Waals surface area contributed by atoms with Gasteiger partial charge in [-0.3, -0.25) is 4.79 Å². The first kappa shape index (κ1) is 8.24. The van der Waals surface area contributed by atoms with Crippen LogP contribution in [-0.4, -0.2) is 16.7 Å². The van der Waals surface area contributed by atoms with Crippen LogP contribution < -0.4 is 0 Å². The van der Waals surface area contributed by atoms with E-state index in [1.165, 1.54) is 0 Å². The summed E-state index contributed by atoms with van der Waals surface area (Å²) in [7, 11) is 0. The molecule has 1 rings (SSSR count). The molecule has 0 heterocycles. The van der Waals surface area contributed by atoms with Crippen molar-refractivity contribution in [2.45, 2.75) is 32.6 Å². The van der Waals surface area contributed by atoms with E-state index in [4.69, 9.17) is 5.21 Å². The van der Waals surface area contributed by atoms with E-state index in [2.05, 4.69) is 5.16 Å². The Labute approximate surface area is 66.1 Å². The van der Waals surface area contributed by atoms with Crippen LogP contribution >= 0.6 is 0 Å². The van der Waals surface area contributed by atoms with Gasteiger partial charge < -0.3 is 5.21 Å². The van der Waals surface area contributed by atoms with Crippen LogP contribution in [0, 0.1) is 5.92 Å². The Morgan fingerprint density at radius 1 is 1.45 bits per heavy atom. The molecule has 1 saturated carbocycles. The van der Waals surface area contributed by atoms with Gasteiger partial charge in [0.2, 0.25) is 0 Å². The predicted molar refractivity (Wildman–Crippen MR) is 41.9 cm³/mol. The van der Waals surface area contributed by atoms with Crippen LogP contribution in [0.3, 0.4) is 0 Å². The minimum Gasteiger partial charge on any atom is -0.411 e. The standard InChI is InChI=1S/C8H13NO2/c1-6(9-11)8(10)7-4-2-3-5-7/h7,11H,2-5H2,1H3. The predicted octanol–water partition coefficient (Wildman–Crippen LogP) is 1.60. The third kappa shape index (κ3) is 1.79. The lowest BCUT2D eigenvalue weighted by molar-refractivity contribution is -0.116. The van der Waals surface area contributed by atoms with Crippen LogP contribution in [0.5, 0.6) is 0 Å². The largest absolute Gasteiger partial charge is 0.411 e. The topological polar surface area (TPSA) is 49.7 Å². The number of oxime groups is 1. The van der Waals surface area contributed by atoms with E-state index in [9.17, 15) is 4.79 Å². The molecule has 0 bridgehead atoms. The second-order valence-electron chi connectivity index (χ2n) is 3.03. The van der Waals surface area contributed by atoms with E-state index in [0.29, 0.717) is 0 Å². The molecule has 1 N–H and O–H groups in total. The highest BCUT2D eigenvalue weighted by atomic mass is 16.4. The zero-order valence-electron chi connectivity index (χ0n) is 6.71. The van der Waals surface area contributed by atoms with Crippen molar-refractivity contribution in [3.05, 3.63) is 0 Å². The first-order valence-corrected chi connectivity index (χ1v) is 3.98. The summed E-state index contributed by atoms with van der Waals surface area (Å²) in [5.74, 6) is 0.149. The number of rotatable bonds is 2. The van der Waals surface area contributed by atoms with E-state index in [1.807, 2.05) is 0 Å². The molecule has 0 aliphatic heterocycles. The molecule has 0 aromatic carbocycles. The molecular weight excluding hydrogens is 142 g/mol. The van der Waals surface area contributed by atoms with E-state index < -0.39 is 0 Å². The monoisotopic (exact) mass is 155 g/mol. The number of hydrogen-bond donors (Lipinski definition) is 1. The van der Waals surface area contributed by atoms with Crippen LogP contribution in [0.1, 0.15) is 32.6 Å². The molecule has 0 spiro atoms. The quantitative estimate of drug-likeness (QED) is 0.374. The molecule has 0 amide bonds. The van der Waals surface area contributed by atoms with Gasteiger partial charge in [-0.1, -0.05) is 18.0 Å². The van der Waals surface area contributed by atoms with Crippen LogP contribution in [0.4, 0.5) is 0 Å². The Kier molecular flexibility index (Phi) is 2.63. The van der Waals surface area contributed by atoms with Crippen molar-refractivity contribution in [2.24, 2.45) is 11.1 Å². The lowest BCUT2D eigenvalue weighted by Crippen LogP contribution is -2.18. The molecule has 1 aliphatic carbocycles. The second kappa shape index (κ2) is 3.51. The third-order valence-corrected chi connectivity index (χ3v) is 2.23. The Morgan fingerprint density at radius 2 is 2.00 bits per heavy atom. The van der Waals surface area contributed by atoms with Gasteiger partial charge in [-0.05, 0) is 19.8 Å². The number of nitrogens with zero attached hydrogens (tertiary/aromatic N) is 1. The van der Waals surface area contributed by atoms with Crippen LogP contribution in [0.25, 0.3) is 0 Å². The minimum absolute atomic E-state index is 0.0185. The van der Waals surface area contributed by atoms with E-state index >= 15 is 0 Å². The maximum atomic E-state index is 11.3. The van der Waals surface area contributed by atoms with Gasteiger partial charge in [-0.2, -0.15) is 0 Å². The Bertz CT molecular complexity index is 181. The van der Waals surface area contributed by atoms with Crippen molar-refractivity contribution in [1.29, 1.82) is 0 Å². The van der Waals surface area contributed by atoms with Gasteiger partial charge in [0, 0.05) is 5.92 Å². The number of ketones is 1. The zero-order chi connectivity index (χ0) is 8.27. The summed E-state index contributed by atoms with van der Waals surface area (Å²) in [5.41, 5.74) is 0.247. The van der Waals surface area contributed by atoms with Crippen molar-refractivity contribution < 1.29 is 10.0 Å². The van der Waals surface area contributed by atoms with Gasteiger partial charge in [0.1, 0.15) is 5.71 Å². The average Bonchev–Trinajstić information content (AvgIpc) is 2.53. The lowest BCUT2D eigenvalue weighted by atomic mass is 10.00. The maximum Gasteiger partial charge on any atom is 0.183 e. The first-order valence-electron chi connectivity index (χ1n) is 3.98. The molecule has 0 radical (unpaired) electrons. The molecule has 11 heavy (non-hydrogen) atoms. The molecule has 0 saturated heterocycles. The highest BCUT2D eigenvalue weighted by molar-refractivity contribution is 6.39. The number of Topliss-reactive ketones (excluding diaryl/α,β-unsaturated/α-hetero) is 1. The molecule has 3 nitrogen and oxygen atoms in total. The van der Waals surface area contributed by atoms with Crippen molar-refractivity contribution in [3.8, 4) is 0 Å². The summed E-state index contributed by atoms with van der Waals surface area (Å²) in [6.07, 6.45) is 4.20. The normalized spacial score (nSPS) is 20.6. The zero-order valence-corrected chi connectivity index (χ0v) is 6.71. The van der Waals surface area contributed by atoms with Crippen molar-refractivity contribution >= 4 is 11.5 Å². The molecule has 0 atom stereocenters. The van der Waals surface area contributed by atoms with Crippen LogP contribution in [0.15, 0.2) is 5.16 Å². The maximum absolute atomic E-state index is 11.3. The Morgan fingerprint density at radius 3 is 2.45 bits per heavy atom. The summed E-state index contributed by atoms with van der Waals surface area (Å²) in [6, 6.07) is 0. The van der Waals surface area contributed by atoms with Crippen LogP contribution in [0.2, 0.25) is 0 Å². The van der Waals surface area contributed by atoms with Gasteiger partial charge in [0.05, 0.1) is 0 Å². The minimum atomic E-state index is 0.0185. The highest BCUT2D eigenvalue weighted by Gasteiger charge is 2.24. The van der Waals surface area contributed by atoms with E-state index in [0.717, 1.165) is 25.7 Å². The van der Waals surface area contributed by atoms with Crippen molar-refractivity contribution in [2.75, 3.05) is 0 Å². The fourth-order valence-electron chi connectivity index (χ4n) is 1.53. The first-order chi connectivity index (χ1) is 5.25. The molecule has 0 aromatic heterocycles. The summed E-state index contributed by atoms with van der Waals surface area (Å²) in [5, 5.41) is 11.2. The Balaban J connectivity index is 2.53. The SMILES string of the molecule is CC(=NO)C(=O)C1CCCC1. The van der Waals surface area contributed by atoms with Gasteiger partial charge in [0.25, 0.3) is 0 Å². The fraction of sp³-hybridized carbons (Fsp3) is 0.750. The number of hydrogen-bond acceptors (Lipinski definition) is 3.